The minimum atomic E-state index is -0.555. The Morgan fingerprint density at radius 2 is 1.61 bits per heavy atom. The molecule has 0 radical (unpaired) electrons. The van der Waals surface area contributed by atoms with Crippen molar-refractivity contribution < 1.29 is 58.7 Å². The van der Waals surface area contributed by atoms with Crippen molar-refractivity contribution in [2.24, 2.45) is 0 Å². The van der Waals surface area contributed by atoms with Gasteiger partial charge in [-0.3, -0.25) is 4.90 Å². The normalized spacial score (nSPS) is 18.7. The summed E-state index contributed by atoms with van der Waals surface area (Å²) < 4.78 is 21.8. The van der Waals surface area contributed by atoms with Crippen LogP contribution in [0.1, 0.15) is 0 Å². The topological polar surface area (TPSA) is 78.9 Å². The molecule has 1 atom stereocenters. The number of rotatable bonds is 9. The van der Waals surface area contributed by atoms with Crippen molar-refractivity contribution in [2.45, 2.75) is 6.10 Å². The van der Waals surface area contributed by atoms with Gasteiger partial charge in [0.2, 0.25) is 11.6 Å². The Hall–Kier alpha value is -1.97. The van der Waals surface area contributed by atoms with E-state index in [2.05, 4.69) is 11.1 Å². The number of nitrogens with zero attached hydrogens (tertiary/aromatic N) is 1. The highest BCUT2D eigenvalue weighted by atomic mass is 35.5. The lowest BCUT2D eigenvalue weighted by atomic mass is 10.2. The predicted octanol–water partition coefficient (Wildman–Crippen LogP) is -7.03. The monoisotopic (exact) mass is 475 g/mol. The van der Waals surface area contributed by atoms with Crippen molar-refractivity contribution in [3.8, 4) is 23.0 Å². The average Bonchev–Trinajstić information content (AvgIpc) is 2.78. The molecule has 8 nitrogen and oxygen atoms in total. The smallest absolute Gasteiger partial charge is 0.226 e. The number of hydrogen-bond donors (Lipinski definition) is 3. The second-order valence-corrected chi connectivity index (χ2v) is 7.10. The number of hydrogen-bond acceptors (Lipinski definition) is 6. The van der Waals surface area contributed by atoms with Crippen molar-refractivity contribution in [1.82, 2.24) is 4.98 Å². The van der Waals surface area contributed by atoms with Gasteiger partial charge in [0.15, 0.2) is 11.5 Å². The lowest BCUT2D eigenvalue weighted by Crippen LogP contribution is -3.26. The van der Waals surface area contributed by atoms with Gasteiger partial charge in [-0.15, -0.1) is 0 Å². The number of nitrogens with one attached hydrogen (secondary N) is 2. The fourth-order valence-corrected chi connectivity index (χ4v) is 3.66. The predicted molar refractivity (Wildman–Crippen MR) is 108 cm³/mol. The highest BCUT2D eigenvalue weighted by molar-refractivity contribution is 5.55. The molecule has 3 rings (SSSR count). The van der Waals surface area contributed by atoms with Crippen molar-refractivity contribution in [2.75, 3.05) is 60.7 Å². The van der Waals surface area contributed by atoms with E-state index in [1.807, 2.05) is 18.3 Å². The van der Waals surface area contributed by atoms with E-state index < -0.39 is 6.10 Å². The number of aliphatic hydroxyl groups is 1. The molecule has 174 valence electrons. The number of halogens is 2. The van der Waals surface area contributed by atoms with E-state index >= 15 is 0 Å². The molecule has 1 aromatic heterocycles. The third-order valence-electron chi connectivity index (χ3n) is 5.19. The van der Waals surface area contributed by atoms with E-state index in [9.17, 15) is 5.11 Å². The van der Waals surface area contributed by atoms with Gasteiger partial charge in [0, 0.05) is 24.4 Å². The van der Waals surface area contributed by atoms with Crippen molar-refractivity contribution >= 4 is 5.82 Å². The van der Waals surface area contributed by atoms with Crippen LogP contribution in [0.5, 0.6) is 23.0 Å². The first-order valence-electron chi connectivity index (χ1n) is 9.85. The van der Waals surface area contributed by atoms with Gasteiger partial charge in [-0.05, 0) is 6.07 Å². The molecule has 0 spiro atoms. The quantitative estimate of drug-likeness (QED) is 0.334. The molecule has 1 fully saturated rings. The van der Waals surface area contributed by atoms with Gasteiger partial charge >= 0.3 is 0 Å². The molecule has 31 heavy (non-hydrogen) atoms. The summed E-state index contributed by atoms with van der Waals surface area (Å²) in [5, 5.41) is 10.4. The molecular weight excluding hydrogens is 445 g/mol. The number of aromatic nitrogens is 1. The van der Waals surface area contributed by atoms with Gasteiger partial charge < -0.3 is 53.8 Å². The number of benzene rings is 1. The van der Waals surface area contributed by atoms with E-state index in [1.165, 1.54) is 9.80 Å². The fraction of sp³-hybridized carbons (Fsp3) is 0.476. The average molecular weight is 476 g/mol. The van der Waals surface area contributed by atoms with Crippen LogP contribution >= 0.6 is 0 Å². The van der Waals surface area contributed by atoms with E-state index in [0.29, 0.717) is 29.5 Å². The van der Waals surface area contributed by atoms with E-state index in [1.54, 1.807) is 33.5 Å². The Bertz CT molecular complexity index is 752. The summed E-state index contributed by atoms with van der Waals surface area (Å²) in [6.45, 7) is 4.86. The highest BCUT2D eigenvalue weighted by Crippen LogP contribution is 2.40. The van der Waals surface area contributed by atoms with Crippen molar-refractivity contribution in [3.63, 3.8) is 0 Å². The molecule has 0 aliphatic carbocycles. The molecule has 10 heteroatoms. The molecule has 0 bridgehead atoms. The van der Waals surface area contributed by atoms with Crippen LogP contribution in [0.25, 0.3) is 0 Å². The van der Waals surface area contributed by atoms with Crippen molar-refractivity contribution in [3.05, 3.63) is 36.5 Å². The Kier molecular flexibility index (Phi) is 11.7. The lowest BCUT2D eigenvalue weighted by molar-refractivity contribution is -0.988. The SMILES string of the molecule is COc1cc(OCC(O)C[NH+]2CC[NH+](c3ccccn3)CC2)cc(OC)c1OC.[Cl-].[Cl-]. The van der Waals surface area contributed by atoms with Crippen LogP contribution in [0.15, 0.2) is 36.5 Å². The third kappa shape index (κ3) is 7.29. The number of aliphatic hydroxyl groups excluding tert-OH is 1. The second kappa shape index (κ2) is 13.4. The summed E-state index contributed by atoms with van der Waals surface area (Å²) in [6.07, 6.45) is 1.28. The van der Waals surface area contributed by atoms with Crippen LogP contribution in [0.4, 0.5) is 5.82 Å². The van der Waals surface area contributed by atoms with E-state index in [0.717, 1.165) is 32.0 Å². The Balaban J connectivity index is 0.00000240. The van der Waals surface area contributed by atoms with Crippen molar-refractivity contribution in [1.29, 1.82) is 0 Å². The van der Waals surface area contributed by atoms with Gasteiger partial charge in [-0.1, -0.05) is 6.07 Å². The van der Waals surface area contributed by atoms with Crippen LogP contribution in [-0.2, 0) is 0 Å². The number of pyridine rings is 1. The largest absolute Gasteiger partial charge is 1.00 e. The maximum absolute atomic E-state index is 10.4. The molecule has 1 saturated heterocycles. The zero-order valence-corrected chi connectivity index (χ0v) is 19.6. The zero-order chi connectivity index (χ0) is 20.6. The molecule has 3 N–H and O–H groups in total. The Morgan fingerprint density at radius 3 is 2.13 bits per heavy atom. The van der Waals surface area contributed by atoms with Crippen LogP contribution in [-0.4, -0.2) is 76.9 Å². The molecule has 2 heterocycles. The fourth-order valence-electron chi connectivity index (χ4n) is 3.66. The van der Waals surface area contributed by atoms with Gasteiger partial charge in [-0.25, -0.2) is 4.98 Å². The highest BCUT2D eigenvalue weighted by Gasteiger charge is 2.27. The van der Waals surface area contributed by atoms with Gasteiger partial charge in [0.25, 0.3) is 0 Å². The van der Waals surface area contributed by atoms with E-state index in [-0.39, 0.29) is 31.4 Å². The molecule has 1 aliphatic heterocycles. The van der Waals surface area contributed by atoms with Gasteiger partial charge in [0.05, 0.1) is 21.3 Å². The van der Waals surface area contributed by atoms with E-state index in [4.69, 9.17) is 18.9 Å². The summed E-state index contributed by atoms with van der Waals surface area (Å²) in [7, 11) is 4.68. The third-order valence-corrected chi connectivity index (χ3v) is 5.19. The standard InChI is InChI=1S/C21H29N3O5.2ClH/c1-26-18-12-17(13-19(27-2)21(18)28-3)29-15-16(25)14-23-8-10-24(11-9-23)20-6-4-5-7-22-20;;/h4-7,12-13,16,25H,8-11,14-15H2,1-3H3;2*1H. The molecule has 1 aromatic carbocycles. The summed E-state index contributed by atoms with van der Waals surface area (Å²) in [5.41, 5.74) is 0. The molecular formula is C21H31Cl2N3O5. The van der Waals surface area contributed by atoms with Gasteiger partial charge in [0.1, 0.15) is 51.2 Å². The summed E-state index contributed by atoms with van der Waals surface area (Å²) in [4.78, 5) is 7.23. The first kappa shape index (κ1) is 27.1. The molecule has 0 amide bonds. The zero-order valence-electron chi connectivity index (χ0n) is 18.1. The maximum Gasteiger partial charge on any atom is 0.226 e. The van der Waals surface area contributed by atoms with Crippen LogP contribution in [0.3, 0.4) is 0 Å². The maximum atomic E-state index is 10.4. The van der Waals surface area contributed by atoms with Crippen LogP contribution in [0, 0.1) is 0 Å². The number of quaternary nitrogens is 2. The minimum absolute atomic E-state index is 0. The minimum Gasteiger partial charge on any atom is -1.00 e. The molecule has 2 aromatic rings. The van der Waals surface area contributed by atoms with Crippen LogP contribution in [0.2, 0.25) is 0 Å². The van der Waals surface area contributed by atoms with Crippen LogP contribution < -0.4 is 53.6 Å². The number of piperazine rings is 1. The first-order valence-corrected chi connectivity index (χ1v) is 9.85. The number of ether oxygens (including phenoxy) is 4. The summed E-state index contributed by atoms with van der Waals surface area (Å²) >= 11 is 0. The summed E-state index contributed by atoms with van der Waals surface area (Å²) in [6, 6.07) is 9.50. The van der Waals surface area contributed by atoms with Gasteiger partial charge in [-0.2, -0.15) is 0 Å². The molecule has 1 unspecified atom stereocenters. The lowest BCUT2D eigenvalue weighted by Gasteiger charge is -2.29. The Morgan fingerprint density at radius 1 is 0.968 bits per heavy atom. The Labute approximate surface area is 195 Å². The summed E-state index contributed by atoms with van der Waals surface area (Å²) in [5.74, 6) is 3.22. The molecule has 1 aliphatic rings. The molecule has 0 saturated carbocycles. The first-order chi connectivity index (χ1) is 14.1. The second-order valence-electron chi connectivity index (χ2n) is 7.10. The number of methoxy groups -OCH3 is 3.